The zero-order valence-electron chi connectivity index (χ0n) is 15.6. The molecule has 4 nitrogen and oxygen atoms in total. The third-order valence-electron chi connectivity index (χ3n) is 5.67. The first-order valence-corrected chi connectivity index (χ1v) is 9.73. The van der Waals surface area contributed by atoms with E-state index in [0.29, 0.717) is 0 Å². The van der Waals surface area contributed by atoms with Crippen molar-refractivity contribution >= 4 is 0 Å². The van der Waals surface area contributed by atoms with E-state index in [-0.39, 0.29) is 12.0 Å². The Balaban J connectivity index is 1.50. The molecule has 0 bridgehead atoms. The maximum absolute atomic E-state index is 10.2. The van der Waals surface area contributed by atoms with Crippen LogP contribution >= 0.6 is 0 Å². The van der Waals surface area contributed by atoms with E-state index >= 15 is 0 Å². The quantitative estimate of drug-likeness (QED) is 0.700. The van der Waals surface area contributed by atoms with Gasteiger partial charge in [-0.25, -0.2) is 0 Å². The Kier molecular flexibility index (Phi) is 5.37. The number of nitrogens with zero attached hydrogens (tertiary/aromatic N) is 2. The summed E-state index contributed by atoms with van der Waals surface area (Å²) in [5.41, 5.74) is 4.73. The van der Waals surface area contributed by atoms with Crippen molar-refractivity contribution in [3.05, 3.63) is 78.0 Å². The Bertz CT molecular complexity index is 846. The minimum absolute atomic E-state index is 0.0593. The second-order valence-electron chi connectivity index (χ2n) is 7.77. The van der Waals surface area contributed by atoms with Gasteiger partial charge in [0.1, 0.15) is 0 Å². The highest BCUT2D eigenvalue weighted by Crippen LogP contribution is 2.34. The van der Waals surface area contributed by atoms with Gasteiger partial charge in [-0.05, 0) is 36.9 Å². The Hall–Kier alpha value is -2.43. The zero-order chi connectivity index (χ0) is 18.5. The third kappa shape index (κ3) is 4.12. The molecule has 0 radical (unpaired) electrons. The van der Waals surface area contributed by atoms with E-state index in [1.165, 1.54) is 16.7 Å². The summed E-state index contributed by atoms with van der Waals surface area (Å²) in [4.78, 5) is 2.47. The lowest BCUT2D eigenvalue weighted by Crippen LogP contribution is -2.46. The molecule has 0 saturated carbocycles. The summed E-state index contributed by atoms with van der Waals surface area (Å²) in [7, 11) is 0. The molecular weight excluding hydrogens is 334 g/mol. The second kappa shape index (κ2) is 8.07. The first kappa shape index (κ1) is 18.0. The maximum atomic E-state index is 10.2. The van der Waals surface area contributed by atoms with Crippen molar-refractivity contribution in [3.63, 3.8) is 0 Å². The summed E-state index contributed by atoms with van der Waals surface area (Å²) in [6, 6.07) is 20.9. The highest BCUT2D eigenvalue weighted by atomic mass is 16.3. The van der Waals surface area contributed by atoms with E-state index in [4.69, 9.17) is 0 Å². The molecule has 140 valence electrons. The van der Waals surface area contributed by atoms with E-state index in [1.807, 2.05) is 18.3 Å². The van der Waals surface area contributed by atoms with Crippen LogP contribution in [0.4, 0.5) is 0 Å². The fraction of sp³-hybridized carbons (Fsp3) is 0.348. The molecule has 1 aliphatic heterocycles. The Morgan fingerprint density at radius 3 is 2.52 bits per heavy atom. The number of aromatic nitrogens is 2. The van der Waals surface area contributed by atoms with Crippen LogP contribution < -0.4 is 0 Å². The fourth-order valence-electron chi connectivity index (χ4n) is 4.33. The Labute approximate surface area is 160 Å². The largest absolute Gasteiger partial charge is 0.396 e. The zero-order valence-corrected chi connectivity index (χ0v) is 15.6. The summed E-state index contributed by atoms with van der Waals surface area (Å²) < 4.78 is 0. The number of piperidine rings is 1. The van der Waals surface area contributed by atoms with Crippen molar-refractivity contribution in [2.24, 2.45) is 5.41 Å². The molecule has 2 heterocycles. The number of hydrogen-bond donors (Lipinski definition) is 2. The van der Waals surface area contributed by atoms with Gasteiger partial charge in [0.2, 0.25) is 0 Å². The van der Waals surface area contributed by atoms with E-state index in [0.717, 1.165) is 44.6 Å². The monoisotopic (exact) mass is 361 g/mol. The van der Waals surface area contributed by atoms with Gasteiger partial charge < -0.3 is 5.11 Å². The third-order valence-corrected chi connectivity index (χ3v) is 5.67. The number of likely N-dealkylation sites (tertiary alicyclic amines) is 1. The number of hydrogen-bond acceptors (Lipinski definition) is 3. The van der Waals surface area contributed by atoms with Gasteiger partial charge >= 0.3 is 0 Å². The molecule has 2 aromatic carbocycles. The molecule has 1 aliphatic rings. The maximum Gasteiger partial charge on any atom is 0.0695 e. The molecule has 0 amide bonds. The minimum Gasteiger partial charge on any atom is -0.396 e. The van der Waals surface area contributed by atoms with Crippen molar-refractivity contribution in [3.8, 4) is 11.3 Å². The highest BCUT2D eigenvalue weighted by molar-refractivity contribution is 5.62. The van der Waals surface area contributed by atoms with Crippen LogP contribution in [0.5, 0.6) is 0 Å². The first-order valence-electron chi connectivity index (χ1n) is 9.73. The lowest BCUT2D eigenvalue weighted by Gasteiger charge is -2.42. The fourth-order valence-corrected chi connectivity index (χ4v) is 4.33. The lowest BCUT2D eigenvalue weighted by molar-refractivity contribution is 0.0289. The van der Waals surface area contributed by atoms with Crippen molar-refractivity contribution in [1.29, 1.82) is 0 Å². The van der Waals surface area contributed by atoms with E-state index < -0.39 is 0 Å². The SMILES string of the molecule is OCC1(Cc2ccccc2)CCCN(Cc2cn[nH]c2-c2ccccc2)C1. The van der Waals surface area contributed by atoms with Crippen LogP contribution in [-0.4, -0.2) is 39.9 Å². The summed E-state index contributed by atoms with van der Waals surface area (Å²) in [5.74, 6) is 0. The average Bonchev–Trinajstić information content (AvgIpc) is 3.18. The number of nitrogens with one attached hydrogen (secondary N) is 1. The molecule has 0 spiro atoms. The highest BCUT2D eigenvalue weighted by Gasteiger charge is 2.35. The van der Waals surface area contributed by atoms with Gasteiger partial charge in [-0.2, -0.15) is 5.10 Å². The summed E-state index contributed by atoms with van der Waals surface area (Å²) in [5, 5.41) is 17.7. The van der Waals surface area contributed by atoms with Crippen LogP contribution in [0.15, 0.2) is 66.9 Å². The molecule has 4 rings (SSSR count). The number of benzene rings is 2. The predicted molar refractivity (Wildman–Crippen MR) is 108 cm³/mol. The van der Waals surface area contributed by atoms with Crippen molar-refractivity contribution in [2.75, 3.05) is 19.7 Å². The molecule has 2 N–H and O–H groups in total. The summed E-state index contributed by atoms with van der Waals surface area (Å²) >= 11 is 0. The standard InChI is InChI=1S/C23H27N3O/c27-18-23(14-19-8-3-1-4-9-19)12-7-13-26(17-23)16-21-15-24-25-22(21)20-10-5-2-6-11-20/h1-6,8-11,15,27H,7,12-14,16-18H2,(H,24,25). The molecular formula is C23H27N3O. The smallest absolute Gasteiger partial charge is 0.0695 e. The summed E-state index contributed by atoms with van der Waals surface area (Å²) in [6.45, 7) is 3.07. The van der Waals surface area contributed by atoms with Crippen molar-refractivity contribution in [2.45, 2.75) is 25.8 Å². The van der Waals surface area contributed by atoms with E-state index in [9.17, 15) is 5.11 Å². The van der Waals surface area contributed by atoms with Gasteiger partial charge in [-0.3, -0.25) is 10.00 Å². The molecule has 0 aliphatic carbocycles. The number of H-pyrrole nitrogens is 1. The molecule has 3 aromatic rings. The molecule has 1 aromatic heterocycles. The molecule has 1 fully saturated rings. The molecule has 1 saturated heterocycles. The normalized spacial score (nSPS) is 20.6. The van der Waals surface area contributed by atoms with Crippen LogP contribution in [0.2, 0.25) is 0 Å². The van der Waals surface area contributed by atoms with E-state index in [1.54, 1.807) is 0 Å². The molecule has 1 unspecified atom stereocenters. The number of rotatable bonds is 6. The topological polar surface area (TPSA) is 52.1 Å². The average molecular weight is 361 g/mol. The summed E-state index contributed by atoms with van der Waals surface area (Å²) in [6.07, 6.45) is 5.06. The number of aliphatic hydroxyl groups is 1. The van der Waals surface area contributed by atoms with Gasteiger partial charge in [0, 0.05) is 24.1 Å². The Morgan fingerprint density at radius 2 is 1.78 bits per heavy atom. The Morgan fingerprint density at radius 1 is 1.04 bits per heavy atom. The van der Waals surface area contributed by atoms with Crippen molar-refractivity contribution < 1.29 is 5.11 Å². The number of aromatic amines is 1. The van der Waals surface area contributed by atoms with Crippen LogP contribution in [0.1, 0.15) is 24.0 Å². The number of aliphatic hydroxyl groups excluding tert-OH is 1. The minimum atomic E-state index is -0.0593. The van der Waals surface area contributed by atoms with Crippen LogP contribution in [0.3, 0.4) is 0 Å². The van der Waals surface area contributed by atoms with Gasteiger partial charge in [-0.15, -0.1) is 0 Å². The van der Waals surface area contributed by atoms with Crippen molar-refractivity contribution in [1.82, 2.24) is 15.1 Å². The van der Waals surface area contributed by atoms with Gasteiger partial charge in [-0.1, -0.05) is 60.7 Å². The predicted octanol–water partition coefficient (Wildman–Crippen LogP) is 3.89. The molecule has 27 heavy (non-hydrogen) atoms. The van der Waals surface area contributed by atoms with Crippen LogP contribution in [0.25, 0.3) is 11.3 Å². The van der Waals surface area contributed by atoms with Crippen LogP contribution in [0, 0.1) is 5.41 Å². The van der Waals surface area contributed by atoms with Gasteiger partial charge in [0.25, 0.3) is 0 Å². The first-order chi connectivity index (χ1) is 13.3. The molecule has 4 heteroatoms. The van der Waals surface area contributed by atoms with Gasteiger partial charge in [0.05, 0.1) is 18.5 Å². The van der Waals surface area contributed by atoms with Crippen LogP contribution in [-0.2, 0) is 13.0 Å². The van der Waals surface area contributed by atoms with E-state index in [2.05, 4.69) is 63.6 Å². The van der Waals surface area contributed by atoms with Gasteiger partial charge in [0.15, 0.2) is 0 Å². The lowest BCUT2D eigenvalue weighted by atomic mass is 9.75. The molecule has 1 atom stereocenters. The second-order valence-corrected chi connectivity index (χ2v) is 7.77.